The van der Waals surface area contributed by atoms with Crippen LogP contribution in [0.5, 0.6) is 11.6 Å². The molecule has 2 aromatic rings. The lowest BCUT2D eigenvalue weighted by Crippen LogP contribution is -2.44. The van der Waals surface area contributed by atoms with Crippen molar-refractivity contribution in [3.63, 3.8) is 0 Å². The molecule has 0 atom stereocenters. The molecule has 1 aromatic heterocycles. The van der Waals surface area contributed by atoms with E-state index in [0.29, 0.717) is 31.4 Å². The minimum absolute atomic E-state index is 0.0848. The Balaban J connectivity index is 1.60. The van der Waals surface area contributed by atoms with Crippen LogP contribution in [-0.2, 0) is 4.74 Å². The minimum atomic E-state index is -1.13. The molecule has 2 amide bonds. The predicted molar refractivity (Wildman–Crippen MR) is 113 cm³/mol. The van der Waals surface area contributed by atoms with Crippen LogP contribution in [0.2, 0.25) is 0 Å². The van der Waals surface area contributed by atoms with Gasteiger partial charge in [0.25, 0.3) is 5.91 Å². The van der Waals surface area contributed by atoms with Crippen LogP contribution in [0.15, 0.2) is 42.3 Å². The highest BCUT2D eigenvalue weighted by molar-refractivity contribution is 5.96. The maximum atomic E-state index is 13.8. The van der Waals surface area contributed by atoms with Gasteiger partial charge in [0.05, 0.1) is 6.20 Å². The number of nitrogens with one attached hydrogen (secondary N) is 2. The molecule has 1 fully saturated rings. The summed E-state index contributed by atoms with van der Waals surface area (Å²) in [7, 11) is 0. The Morgan fingerprint density at radius 3 is 2.33 bits per heavy atom. The maximum absolute atomic E-state index is 13.8. The average Bonchev–Trinajstić information content (AvgIpc) is 2.78. The van der Waals surface area contributed by atoms with Crippen LogP contribution in [0, 0.1) is 17.5 Å². The number of amides is 2. The number of alkyl carbamates (subject to hydrolysis) is 1. The molecule has 0 bridgehead atoms. The van der Waals surface area contributed by atoms with Gasteiger partial charge in [-0.15, -0.1) is 0 Å². The number of pyridine rings is 1. The number of hydrogen-bond acceptors (Lipinski definition) is 5. The van der Waals surface area contributed by atoms with E-state index in [1.807, 2.05) is 0 Å². The number of carbonyl (C=O) groups is 2. The summed E-state index contributed by atoms with van der Waals surface area (Å²) in [5.74, 6) is -3.37. The molecular formula is C23H24F3N3O4. The zero-order valence-electron chi connectivity index (χ0n) is 18.2. The van der Waals surface area contributed by atoms with Crippen LogP contribution >= 0.6 is 0 Å². The normalized spacial score (nSPS) is 18.4. The quantitative estimate of drug-likeness (QED) is 0.590. The van der Waals surface area contributed by atoms with Crippen molar-refractivity contribution in [2.24, 2.45) is 0 Å². The maximum Gasteiger partial charge on any atom is 0.412 e. The molecule has 1 saturated carbocycles. The SMILES string of the molecule is C/C=C(/C)OC(=O)N[C@H]1CC[C@@H](NC(=O)c2cc(F)cnc2Oc2ccc(F)c(F)c2)CC1. The fraction of sp³-hybridized carbons (Fsp3) is 0.348. The molecule has 3 rings (SSSR count). The molecule has 1 aromatic carbocycles. The fourth-order valence-electron chi connectivity index (χ4n) is 3.37. The number of halogens is 3. The lowest BCUT2D eigenvalue weighted by atomic mass is 9.91. The van der Waals surface area contributed by atoms with Crippen molar-refractivity contribution >= 4 is 12.0 Å². The highest BCUT2D eigenvalue weighted by Gasteiger charge is 2.26. The summed E-state index contributed by atoms with van der Waals surface area (Å²) in [4.78, 5) is 28.4. The topological polar surface area (TPSA) is 89.6 Å². The number of rotatable bonds is 6. The second-order valence-corrected chi connectivity index (χ2v) is 7.64. The number of allylic oxidation sites excluding steroid dienone is 2. The highest BCUT2D eigenvalue weighted by atomic mass is 19.2. The highest BCUT2D eigenvalue weighted by Crippen LogP contribution is 2.26. The lowest BCUT2D eigenvalue weighted by Gasteiger charge is -2.29. The third-order valence-electron chi connectivity index (χ3n) is 5.21. The van der Waals surface area contributed by atoms with Crippen LogP contribution in [0.3, 0.4) is 0 Å². The lowest BCUT2D eigenvalue weighted by molar-refractivity contribution is 0.0919. The van der Waals surface area contributed by atoms with Crippen LogP contribution in [0.25, 0.3) is 0 Å². The van der Waals surface area contributed by atoms with Crippen molar-refractivity contribution in [3.8, 4) is 11.6 Å². The molecule has 33 heavy (non-hydrogen) atoms. The zero-order chi connectivity index (χ0) is 24.0. The smallest absolute Gasteiger partial charge is 0.412 e. The van der Waals surface area contributed by atoms with Crippen molar-refractivity contribution < 1.29 is 32.2 Å². The summed E-state index contributed by atoms with van der Waals surface area (Å²) in [6.45, 7) is 3.44. The van der Waals surface area contributed by atoms with Crippen LogP contribution < -0.4 is 15.4 Å². The number of benzene rings is 1. The third-order valence-corrected chi connectivity index (χ3v) is 5.21. The second-order valence-electron chi connectivity index (χ2n) is 7.64. The standard InChI is InChI=1S/C23H24F3N3O4/c1-3-13(2)32-23(31)29-16-6-4-15(5-7-16)28-21(30)18-10-14(24)12-27-22(18)33-17-8-9-19(25)20(26)11-17/h3,8-12,15-16H,4-7H2,1-2H3,(H,28,30)(H,29,31)/b13-3-/t15-,16+. The molecule has 1 aliphatic carbocycles. The van der Waals surface area contributed by atoms with Crippen molar-refractivity contribution in [1.82, 2.24) is 15.6 Å². The predicted octanol–water partition coefficient (Wildman–Crippen LogP) is 4.98. The van der Waals surface area contributed by atoms with Crippen LogP contribution in [0.1, 0.15) is 49.9 Å². The molecule has 0 unspecified atom stereocenters. The van der Waals surface area contributed by atoms with E-state index in [9.17, 15) is 22.8 Å². The summed E-state index contributed by atoms with van der Waals surface area (Å²) in [6, 6.07) is 3.52. The fourth-order valence-corrected chi connectivity index (χ4v) is 3.37. The number of ether oxygens (including phenoxy) is 2. The van der Waals surface area contributed by atoms with E-state index in [4.69, 9.17) is 9.47 Å². The molecule has 7 nitrogen and oxygen atoms in total. The largest absolute Gasteiger partial charge is 0.438 e. The van der Waals surface area contributed by atoms with Crippen molar-refractivity contribution in [1.29, 1.82) is 0 Å². The molecule has 176 valence electrons. The molecule has 1 heterocycles. The van der Waals surface area contributed by atoms with Crippen LogP contribution in [-0.4, -0.2) is 29.1 Å². The number of hydrogen-bond donors (Lipinski definition) is 2. The van der Waals surface area contributed by atoms with Crippen molar-refractivity contribution in [3.05, 3.63) is 65.3 Å². The molecule has 0 spiro atoms. The number of nitrogens with zero attached hydrogens (tertiary/aromatic N) is 1. The summed E-state index contributed by atoms with van der Waals surface area (Å²) in [5.41, 5.74) is -0.176. The van der Waals surface area contributed by atoms with E-state index in [1.54, 1.807) is 19.9 Å². The van der Waals surface area contributed by atoms with E-state index in [-0.39, 0.29) is 29.3 Å². The zero-order valence-corrected chi connectivity index (χ0v) is 18.2. The molecule has 2 N–H and O–H groups in total. The first-order valence-corrected chi connectivity index (χ1v) is 10.5. The first kappa shape index (κ1) is 24.1. The Labute approximate surface area is 189 Å². The Morgan fingerprint density at radius 1 is 1.03 bits per heavy atom. The molecule has 10 heteroatoms. The van der Waals surface area contributed by atoms with Gasteiger partial charge in [-0.05, 0) is 63.8 Å². The van der Waals surface area contributed by atoms with Gasteiger partial charge in [0, 0.05) is 18.2 Å². The Hall–Kier alpha value is -3.56. The van der Waals surface area contributed by atoms with Crippen molar-refractivity contribution in [2.45, 2.75) is 51.6 Å². The second kappa shape index (κ2) is 10.8. The third kappa shape index (κ3) is 6.71. The van der Waals surface area contributed by atoms with Gasteiger partial charge in [-0.3, -0.25) is 4.79 Å². The Kier molecular flexibility index (Phi) is 7.92. The first-order valence-electron chi connectivity index (χ1n) is 10.5. The Morgan fingerprint density at radius 2 is 1.70 bits per heavy atom. The molecule has 0 radical (unpaired) electrons. The van der Waals surface area contributed by atoms with Gasteiger partial charge in [0.15, 0.2) is 11.6 Å². The average molecular weight is 463 g/mol. The summed E-state index contributed by atoms with van der Waals surface area (Å²) in [6.07, 6.45) is 4.42. The van der Waals surface area contributed by atoms with Crippen molar-refractivity contribution in [2.75, 3.05) is 0 Å². The number of aromatic nitrogens is 1. The summed E-state index contributed by atoms with van der Waals surface area (Å²) >= 11 is 0. The van der Waals surface area contributed by atoms with Gasteiger partial charge in [-0.1, -0.05) is 0 Å². The molecule has 0 saturated heterocycles. The summed E-state index contributed by atoms with van der Waals surface area (Å²) < 4.78 is 50.8. The van der Waals surface area contributed by atoms with Crippen LogP contribution in [0.4, 0.5) is 18.0 Å². The van der Waals surface area contributed by atoms with Gasteiger partial charge in [-0.2, -0.15) is 0 Å². The van der Waals surface area contributed by atoms with E-state index >= 15 is 0 Å². The van der Waals surface area contributed by atoms with E-state index in [1.165, 1.54) is 6.07 Å². The molecule has 0 aliphatic heterocycles. The summed E-state index contributed by atoms with van der Waals surface area (Å²) in [5, 5.41) is 5.60. The van der Waals surface area contributed by atoms with E-state index in [0.717, 1.165) is 24.4 Å². The molecular weight excluding hydrogens is 439 g/mol. The van der Waals surface area contributed by atoms with Gasteiger partial charge in [0.1, 0.15) is 22.9 Å². The van der Waals surface area contributed by atoms with Gasteiger partial charge in [-0.25, -0.2) is 22.9 Å². The van der Waals surface area contributed by atoms with Gasteiger partial charge < -0.3 is 20.1 Å². The monoisotopic (exact) mass is 463 g/mol. The van der Waals surface area contributed by atoms with Gasteiger partial charge >= 0.3 is 6.09 Å². The number of carbonyl (C=O) groups excluding carboxylic acids is 2. The van der Waals surface area contributed by atoms with Gasteiger partial charge in [0.2, 0.25) is 5.88 Å². The first-order chi connectivity index (χ1) is 15.7. The molecule has 1 aliphatic rings. The Bertz CT molecular complexity index is 1050. The van der Waals surface area contributed by atoms with E-state index < -0.39 is 29.5 Å². The minimum Gasteiger partial charge on any atom is -0.438 e. The van der Waals surface area contributed by atoms with E-state index in [2.05, 4.69) is 15.6 Å².